The molecule has 0 aliphatic rings. The minimum absolute atomic E-state index is 0.0852. The first-order valence-electron chi connectivity index (χ1n) is 10.2. The molecule has 1 heterocycles. The van der Waals surface area contributed by atoms with Crippen LogP contribution in [0.15, 0.2) is 52.4 Å². The molecular formula is C23H24N2O6S2. The highest BCUT2D eigenvalue weighted by Crippen LogP contribution is 2.22. The Morgan fingerprint density at radius 1 is 1.09 bits per heavy atom. The van der Waals surface area contributed by atoms with Crippen molar-refractivity contribution >= 4 is 51.2 Å². The molecule has 174 valence electrons. The summed E-state index contributed by atoms with van der Waals surface area (Å²) in [5.41, 5.74) is 1.06. The van der Waals surface area contributed by atoms with Gasteiger partial charge in [-0.25, -0.2) is 4.79 Å². The molecule has 0 aliphatic carbocycles. The van der Waals surface area contributed by atoms with E-state index < -0.39 is 11.9 Å². The number of fused-ring (bicyclic) bond motifs is 1. The normalized spacial score (nSPS) is 11.4. The van der Waals surface area contributed by atoms with Gasteiger partial charge in [-0.15, -0.1) is 11.8 Å². The van der Waals surface area contributed by atoms with Crippen LogP contribution in [0.4, 0.5) is 0 Å². The number of benzene rings is 2. The van der Waals surface area contributed by atoms with Gasteiger partial charge in [-0.2, -0.15) is 4.99 Å². The van der Waals surface area contributed by atoms with Crippen LogP contribution in [0.2, 0.25) is 0 Å². The highest BCUT2D eigenvalue weighted by Gasteiger charge is 2.15. The van der Waals surface area contributed by atoms with Gasteiger partial charge in [0.05, 0.1) is 36.6 Å². The molecule has 0 unspecified atom stereocenters. The number of amides is 1. The number of ether oxygens (including phenoxy) is 3. The average Bonchev–Trinajstić information content (AvgIpc) is 3.14. The van der Waals surface area contributed by atoms with Gasteiger partial charge in [-0.3, -0.25) is 9.59 Å². The first-order valence-corrected chi connectivity index (χ1v) is 12.0. The van der Waals surface area contributed by atoms with E-state index in [9.17, 15) is 14.4 Å². The maximum Gasteiger partial charge on any atom is 0.337 e. The Kier molecular flexibility index (Phi) is 8.67. The summed E-state index contributed by atoms with van der Waals surface area (Å²) in [4.78, 5) is 42.2. The Labute approximate surface area is 199 Å². The predicted octanol–water partition coefficient (Wildman–Crippen LogP) is 3.67. The van der Waals surface area contributed by atoms with Crippen LogP contribution >= 0.6 is 23.1 Å². The van der Waals surface area contributed by atoms with Crippen LogP contribution in [-0.4, -0.2) is 49.0 Å². The average molecular weight is 489 g/mol. The lowest BCUT2D eigenvalue weighted by atomic mass is 10.2. The largest absolute Gasteiger partial charge is 0.497 e. The van der Waals surface area contributed by atoms with E-state index in [1.165, 1.54) is 18.4 Å². The Hall–Kier alpha value is -3.11. The third-order valence-corrected chi connectivity index (χ3v) is 6.62. The third-order valence-electron chi connectivity index (χ3n) is 4.56. The molecule has 0 atom stereocenters. The summed E-state index contributed by atoms with van der Waals surface area (Å²) >= 11 is 2.77. The highest BCUT2D eigenvalue weighted by atomic mass is 32.2. The zero-order valence-electron chi connectivity index (χ0n) is 18.5. The van der Waals surface area contributed by atoms with Crippen molar-refractivity contribution in [2.75, 3.05) is 26.6 Å². The molecule has 3 aromatic rings. The first kappa shape index (κ1) is 24.5. The number of esters is 2. The van der Waals surface area contributed by atoms with Gasteiger partial charge in [0, 0.05) is 17.1 Å². The smallest absolute Gasteiger partial charge is 0.337 e. The van der Waals surface area contributed by atoms with E-state index in [2.05, 4.69) is 4.99 Å². The van der Waals surface area contributed by atoms with Crippen molar-refractivity contribution in [3.63, 3.8) is 0 Å². The van der Waals surface area contributed by atoms with Gasteiger partial charge in [0.2, 0.25) is 5.91 Å². The minimum atomic E-state index is -0.465. The van der Waals surface area contributed by atoms with Gasteiger partial charge in [-0.1, -0.05) is 11.3 Å². The van der Waals surface area contributed by atoms with Gasteiger partial charge < -0.3 is 18.8 Å². The fraction of sp³-hybridized carbons (Fsp3) is 0.304. The Balaban J connectivity index is 1.82. The number of thioether (sulfide) groups is 1. The molecule has 0 radical (unpaired) electrons. The zero-order chi connectivity index (χ0) is 23.8. The second-order valence-electron chi connectivity index (χ2n) is 6.73. The van der Waals surface area contributed by atoms with E-state index >= 15 is 0 Å². The Bertz CT molecular complexity index is 1210. The van der Waals surface area contributed by atoms with Crippen molar-refractivity contribution in [1.29, 1.82) is 0 Å². The number of rotatable bonds is 9. The first-order chi connectivity index (χ1) is 15.9. The topological polar surface area (TPSA) is 96.2 Å². The number of aromatic nitrogens is 1. The van der Waals surface area contributed by atoms with Gasteiger partial charge in [0.1, 0.15) is 12.3 Å². The summed E-state index contributed by atoms with van der Waals surface area (Å²) in [6, 6.07) is 12.6. The molecule has 0 saturated heterocycles. The fourth-order valence-electron chi connectivity index (χ4n) is 2.98. The number of hydrogen-bond acceptors (Lipinski definition) is 8. The standard InChI is InChI=1S/C23H24N2O6S2/c1-4-31-21(27)14-25-18-10-5-15(22(28)30-3)13-19(18)33-23(25)24-20(26)11-12-32-17-8-6-16(29-2)7-9-17/h5-10,13H,4,11-12,14H2,1-3H3. The molecule has 0 aliphatic heterocycles. The molecule has 0 saturated carbocycles. The van der Waals surface area contributed by atoms with Gasteiger partial charge in [0.15, 0.2) is 4.80 Å². The zero-order valence-corrected chi connectivity index (χ0v) is 20.2. The van der Waals surface area contributed by atoms with Gasteiger partial charge in [-0.05, 0) is 49.4 Å². The molecule has 33 heavy (non-hydrogen) atoms. The van der Waals surface area contributed by atoms with Crippen LogP contribution in [0.25, 0.3) is 10.2 Å². The highest BCUT2D eigenvalue weighted by molar-refractivity contribution is 7.99. The number of carbonyl (C=O) groups excluding carboxylic acids is 3. The van der Waals surface area contributed by atoms with Crippen molar-refractivity contribution in [3.05, 3.63) is 52.8 Å². The molecule has 0 N–H and O–H groups in total. The maximum atomic E-state index is 12.6. The Morgan fingerprint density at radius 2 is 1.85 bits per heavy atom. The van der Waals surface area contributed by atoms with Crippen LogP contribution in [0.5, 0.6) is 5.75 Å². The maximum absolute atomic E-state index is 12.6. The molecule has 10 heteroatoms. The summed E-state index contributed by atoms with van der Waals surface area (Å²) in [6.45, 7) is 1.90. The summed E-state index contributed by atoms with van der Waals surface area (Å²) in [6.07, 6.45) is 0.234. The lowest BCUT2D eigenvalue weighted by Gasteiger charge is -2.05. The van der Waals surface area contributed by atoms with Crippen LogP contribution in [0, 0.1) is 0 Å². The summed E-state index contributed by atoms with van der Waals surface area (Å²) in [5, 5.41) is 0. The van der Waals surface area contributed by atoms with E-state index in [0.717, 1.165) is 10.6 Å². The van der Waals surface area contributed by atoms with Crippen LogP contribution in [0.1, 0.15) is 23.7 Å². The number of methoxy groups -OCH3 is 2. The van der Waals surface area contributed by atoms with Crippen LogP contribution < -0.4 is 9.54 Å². The second-order valence-corrected chi connectivity index (χ2v) is 8.91. The van der Waals surface area contributed by atoms with Gasteiger partial charge >= 0.3 is 11.9 Å². The van der Waals surface area contributed by atoms with E-state index in [-0.39, 0.29) is 25.5 Å². The molecule has 3 rings (SSSR count). The second kappa shape index (κ2) is 11.7. The number of carbonyl (C=O) groups is 3. The molecule has 1 aromatic heterocycles. The summed E-state index contributed by atoms with van der Waals surface area (Å²) in [7, 11) is 2.92. The SMILES string of the molecule is CCOC(=O)Cn1c(=NC(=O)CCSc2ccc(OC)cc2)sc2cc(C(=O)OC)ccc21. The van der Waals surface area contributed by atoms with E-state index in [1.807, 2.05) is 24.3 Å². The quantitative estimate of drug-likeness (QED) is 0.335. The monoisotopic (exact) mass is 488 g/mol. The van der Waals surface area contributed by atoms with Gasteiger partial charge in [0.25, 0.3) is 0 Å². The number of thiazole rings is 1. The molecular weight excluding hydrogens is 464 g/mol. The van der Waals surface area contributed by atoms with Crippen molar-refractivity contribution < 1.29 is 28.6 Å². The molecule has 0 fully saturated rings. The third kappa shape index (κ3) is 6.45. The molecule has 2 aromatic carbocycles. The number of hydrogen-bond donors (Lipinski definition) is 0. The van der Waals surface area contributed by atoms with Crippen molar-refractivity contribution in [3.8, 4) is 5.75 Å². The van der Waals surface area contributed by atoms with Crippen molar-refractivity contribution in [2.24, 2.45) is 4.99 Å². The number of nitrogens with zero attached hydrogens (tertiary/aromatic N) is 2. The molecule has 0 bridgehead atoms. The lowest BCUT2D eigenvalue weighted by Crippen LogP contribution is -2.23. The van der Waals surface area contributed by atoms with E-state index in [4.69, 9.17) is 14.2 Å². The van der Waals surface area contributed by atoms with Crippen LogP contribution in [-0.2, 0) is 25.6 Å². The van der Waals surface area contributed by atoms with E-state index in [1.54, 1.807) is 48.6 Å². The lowest BCUT2D eigenvalue weighted by molar-refractivity contribution is -0.143. The van der Waals surface area contributed by atoms with Crippen LogP contribution in [0.3, 0.4) is 0 Å². The molecule has 1 amide bonds. The minimum Gasteiger partial charge on any atom is -0.497 e. The Morgan fingerprint density at radius 3 is 2.52 bits per heavy atom. The van der Waals surface area contributed by atoms with Crippen molar-refractivity contribution in [1.82, 2.24) is 4.57 Å². The fourth-order valence-corrected chi connectivity index (χ4v) is 4.91. The summed E-state index contributed by atoms with van der Waals surface area (Å²) in [5.74, 6) is 0.139. The predicted molar refractivity (Wildman–Crippen MR) is 127 cm³/mol. The van der Waals surface area contributed by atoms with E-state index in [0.29, 0.717) is 26.3 Å². The summed E-state index contributed by atoms with van der Waals surface area (Å²) < 4.78 is 17.3. The molecule has 0 spiro atoms. The van der Waals surface area contributed by atoms with Crippen molar-refractivity contribution in [2.45, 2.75) is 24.8 Å². The molecule has 8 nitrogen and oxygen atoms in total.